The van der Waals surface area contributed by atoms with Crippen molar-refractivity contribution in [3.8, 4) is 0 Å². The molecule has 0 saturated carbocycles. The number of hydrogen-bond acceptors (Lipinski definition) is 3. The summed E-state index contributed by atoms with van der Waals surface area (Å²) in [5.41, 5.74) is 3.32. The molecule has 1 aromatic heterocycles. The zero-order chi connectivity index (χ0) is 11.7. The van der Waals surface area contributed by atoms with Crippen LogP contribution in [0, 0.1) is 0 Å². The van der Waals surface area contributed by atoms with Gasteiger partial charge in [0.2, 0.25) is 0 Å². The van der Waals surface area contributed by atoms with Crippen LogP contribution in [0.3, 0.4) is 0 Å². The van der Waals surface area contributed by atoms with Crippen molar-refractivity contribution < 1.29 is 9.53 Å². The van der Waals surface area contributed by atoms with Crippen LogP contribution in [0.4, 0.5) is 0 Å². The lowest BCUT2D eigenvalue weighted by molar-refractivity contribution is 0.0526. The van der Waals surface area contributed by atoms with Gasteiger partial charge in [-0.15, -0.1) is 0 Å². The third-order valence-corrected chi connectivity index (χ3v) is 2.87. The van der Waals surface area contributed by atoms with Gasteiger partial charge < -0.3 is 4.74 Å². The van der Waals surface area contributed by atoms with Crippen LogP contribution in [-0.2, 0) is 11.2 Å². The predicted molar refractivity (Wildman–Crippen MR) is 62.6 cm³/mol. The molecule has 0 saturated heterocycles. The molecule has 0 aromatic carbocycles. The summed E-state index contributed by atoms with van der Waals surface area (Å²) in [6.45, 7) is 4.11. The van der Waals surface area contributed by atoms with E-state index in [4.69, 9.17) is 16.3 Å². The Morgan fingerprint density at radius 2 is 2.38 bits per heavy atom. The molecule has 84 valence electrons. The Kier molecular flexibility index (Phi) is 2.97. The second-order valence-corrected chi connectivity index (χ2v) is 4.11. The van der Waals surface area contributed by atoms with E-state index < -0.39 is 5.97 Å². The van der Waals surface area contributed by atoms with Gasteiger partial charge in [-0.25, -0.2) is 4.79 Å². The summed E-state index contributed by atoms with van der Waals surface area (Å²) in [6, 6.07) is 0. The zero-order valence-electron chi connectivity index (χ0n) is 9.21. The van der Waals surface area contributed by atoms with Crippen LogP contribution in [0.5, 0.6) is 0 Å². The Balaban J connectivity index is 2.43. The molecule has 0 N–H and O–H groups in total. The van der Waals surface area contributed by atoms with E-state index in [2.05, 4.69) is 4.98 Å². The van der Waals surface area contributed by atoms with E-state index in [-0.39, 0.29) is 0 Å². The van der Waals surface area contributed by atoms with E-state index in [9.17, 15) is 4.79 Å². The fraction of sp³-hybridized carbons (Fsp3) is 0.333. The number of halogens is 1. The Morgan fingerprint density at radius 3 is 3.06 bits per heavy atom. The maximum atomic E-state index is 11.6. The molecule has 0 amide bonds. The number of nitrogens with zero attached hydrogens (tertiary/aromatic N) is 1. The molecule has 0 spiro atoms. The van der Waals surface area contributed by atoms with Crippen molar-refractivity contribution >= 4 is 23.6 Å². The van der Waals surface area contributed by atoms with Crippen LogP contribution in [-0.4, -0.2) is 17.6 Å². The van der Waals surface area contributed by atoms with Gasteiger partial charge in [0.05, 0.1) is 22.9 Å². The Hall–Kier alpha value is -1.35. The van der Waals surface area contributed by atoms with Gasteiger partial charge in [0.15, 0.2) is 0 Å². The van der Waals surface area contributed by atoms with Gasteiger partial charge in [-0.3, -0.25) is 4.98 Å². The van der Waals surface area contributed by atoms with Crippen LogP contribution in [0.25, 0.3) is 6.08 Å². The highest BCUT2D eigenvalue weighted by atomic mass is 35.5. The van der Waals surface area contributed by atoms with E-state index in [1.807, 2.05) is 13.0 Å². The lowest BCUT2D eigenvalue weighted by Gasteiger charge is -2.06. The van der Waals surface area contributed by atoms with E-state index in [1.165, 1.54) is 11.8 Å². The summed E-state index contributed by atoms with van der Waals surface area (Å²) in [5.74, 6) is -0.416. The van der Waals surface area contributed by atoms with Crippen LogP contribution in [0.15, 0.2) is 11.8 Å². The molecule has 0 aliphatic heterocycles. The number of allylic oxidation sites excluding steroid dienone is 1. The Morgan fingerprint density at radius 1 is 1.62 bits per heavy atom. The second-order valence-electron chi connectivity index (χ2n) is 3.73. The topological polar surface area (TPSA) is 39.2 Å². The first kappa shape index (κ1) is 11.1. The largest absolute Gasteiger partial charge is 0.462 e. The number of hydrogen-bond donors (Lipinski definition) is 0. The molecule has 0 bridgehead atoms. The molecule has 1 aliphatic rings. The molecule has 0 unspecified atom stereocenters. The van der Waals surface area contributed by atoms with Gasteiger partial charge in [-0.1, -0.05) is 23.3 Å². The van der Waals surface area contributed by atoms with E-state index in [0.29, 0.717) is 17.2 Å². The molecule has 16 heavy (non-hydrogen) atoms. The molecule has 4 heteroatoms. The maximum Gasteiger partial charge on any atom is 0.341 e. The highest BCUT2D eigenvalue weighted by molar-refractivity contribution is 6.35. The fourth-order valence-electron chi connectivity index (χ4n) is 1.74. The van der Waals surface area contributed by atoms with Gasteiger partial charge in [0, 0.05) is 18.2 Å². The third kappa shape index (κ3) is 1.83. The Labute approximate surface area is 99.1 Å². The zero-order valence-corrected chi connectivity index (χ0v) is 9.97. The molecular weight excluding hydrogens is 226 g/mol. The Bertz CT molecular complexity index is 480. The van der Waals surface area contributed by atoms with Crippen molar-refractivity contribution in [2.45, 2.75) is 20.3 Å². The van der Waals surface area contributed by atoms with Gasteiger partial charge in [-0.05, 0) is 13.8 Å². The van der Waals surface area contributed by atoms with Crippen molar-refractivity contribution in [1.29, 1.82) is 0 Å². The average Bonchev–Trinajstić information content (AvgIpc) is 2.60. The normalized spacial score (nSPS) is 13.3. The van der Waals surface area contributed by atoms with Crippen LogP contribution < -0.4 is 0 Å². The van der Waals surface area contributed by atoms with Gasteiger partial charge >= 0.3 is 5.97 Å². The summed E-state index contributed by atoms with van der Waals surface area (Å²) >= 11 is 6.16. The minimum Gasteiger partial charge on any atom is -0.462 e. The number of aromatic nitrogens is 1. The van der Waals surface area contributed by atoms with Crippen molar-refractivity contribution in [1.82, 2.24) is 4.98 Å². The summed E-state index contributed by atoms with van der Waals surface area (Å²) in [7, 11) is 0. The highest BCUT2D eigenvalue weighted by Crippen LogP contribution is 2.31. The number of carbonyl (C=O) groups is 1. The number of pyridine rings is 1. The van der Waals surface area contributed by atoms with E-state index in [0.717, 1.165) is 17.7 Å². The third-order valence-electron chi connectivity index (χ3n) is 2.47. The molecule has 3 nitrogen and oxygen atoms in total. The first-order valence-electron chi connectivity index (χ1n) is 5.15. The highest BCUT2D eigenvalue weighted by Gasteiger charge is 2.20. The van der Waals surface area contributed by atoms with E-state index >= 15 is 0 Å². The molecule has 0 fully saturated rings. The maximum absolute atomic E-state index is 11.6. The van der Waals surface area contributed by atoms with E-state index in [1.54, 1.807) is 6.92 Å². The summed E-state index contributed by atoms with van der Waals surface area (Å²) in [6.07, 6.45) is 4.26. The standard InChI is InChI=1S/C12H12ClNO2/c1-3-16-12(15)9-6-14-10-5-7(2)4-8(10)11(9)13/h4,6H,3,5H2,1-2H3. The molecule has 0 atom stereocenters. The van der Waals surface area contributed by atoms with Crippen molar-refractivity contribution in [2.75, 3.05) is 6.61 Å². The monoisotopic (exact) mass is 237 g/mol. The summed E-state index contributed by atoms with van der Waals surface area (Å²) < 4.78 is 4.91. The molecular formula is C12H12ClNO2. The van der Waals surface area contributed by atoms with Crippen molar-refractivity contribution in [2.24, 2.45) is 0 Å². The average molecular weight is 238 g/mol. The smallest absolute Gasteiger partial charge is 0.341 e. The minimum atomic E-state index is -0.416. The van der Waals surface area contributed by atoms with Crippen LogP contribution in [0.1, 0.15) is 35.5 Å². The number of fused-ring (bicyclic) bond motifs is 1. The van der Waals surface area contributed by atoms with Gasteiger partial charge in [0.25, 0.3) is 0 Å². The quantitative estimate of drug-likeness (QED) is 0.743. The van der Waals surface area contributed by atoms with Gasteiger partial charge in [-0.2, -0.15) is 0 Å². The lowest BCUT2D eigenvalue weighted by Crippen LogP contribution is -2.07. The number of esters is 1. The number of carbonyl (C=O) groups excluding carboxylic acids is 1. The number of ether oxygens (including phenoxy) is 1. The van der Waals surface area contributed by atoms with Crippen LogP contribution >= 0.6 is 11.6 Å². The molecule has 1 heterocycles. The molecule has 2 rings (SSSR count). The fourth-order valence-corrected chi connectivity index (χ4v) is 2.03. The van der Waals surface area contributed by atoms with Crippen molar-refractivity contribution in [3.63, 3.8) is 0 Å². The lowest BCUT2D eigenvalue weighted by atomic mass is 10.1. The number of rotatable bonds is 2. The molecule has 1 aliphatic carbocycles. The predicted octanol–water partition coefficient (Wildman–Crippen LogP) is 2.87. The van der Waals surface area contributed by atoms with Crippen molar-refractivity contribution in [3.05, 3.63) is 33.6 Å². The van der Waals surface area contributed by atoms with Gasteiger partial charge in [0.1, 0.15) is 0 Å². The second kappa shape index (κ2) is 4.26. The summed E-state index contributed by atoms with van der Waals surface area (Å²) in [4.78, 5) is 15.8. The minimum absolute atomic E-state index is 0.334. The molecule has 0 radical (unpaired) electrons. The first-order chi connectivity index (χ1) is 7.63. The summed E-state index contributed by atoms with van der Waals surface area (Å²) in [5, 5.41) is 0.445. The first-order valence-corrected chi connectivity index (χ1v) is 5.53. The molecule has 1 aromatic rings. The SMILES string of the molecule is CCOC(=O)c1cnc2c(c1Cl)C=C(C)C2. The van der Waals surface area contributed by atoms with Crippen LogP contribution in [0.2, 0.25) is 5.02 Å².